The van der Waals surface area contributed by atoms with E-state index in [2.05, 4.69) is 10.6 Å². The highest BCUT2D eigenvalue weighted by Crippen LogP contribution is 2.14. The van der Waals surface area contributed by atoms with Gasteiger partial charge in [-0.15, -0.1) is 0 Å². The number of anilines is 1. The van der Waals surface area contributed by atoms with Crippen molar-refractivity contribution in [3.8, 4) is 0 Å². The zero-order valence-corrected chi connectivity index (χ0v) is 14.2. The summed E-state index contributed by atoms with van der Waals surface area (Å²) in [7, 11) is 0. The molecule has 2 atom stereocenters. The van der Waals surface area contributed by atoms with Crippen molar-refractivity contribution in [2.45, 2.75) is 52.1 Å². The molecule has 2 amide bonds. The van der Waals surface area contributed by atoms with Crippen LogP contribution in [0.3, 0.4) is 0 Å². The van der Waals surface area contributed by atoms with Gasteiger partial charge in [0.1, 0.15) is 0 Å². The topological polar surface area (TPSA) is 110 Å². The lowest BCUT2D eigenvalue weighted by atomic mass is 10.0. The molecule has 0 heterocycles. The Morgan fingerprint density at radius 1 is 1.26 bits per heavy atom. The van der Waals surface area contributed by atoms with Gasteiger partial charge in [-0.25, -0.2) is 0 Å². The molecule has 23 heavy (non-hydrogen) atoms. The van der Waals surface area contributed by atoms with E-state index in [1.807, 2.05) is 26.8 Å². The Labute approximate surface area is 138 Å². The van der Waals surface area contributed by atoms with E-state index in [1.54, 1.807) is 12.1 Å². The van der Waals surface area contributed by atoms with E-state index in [1.165, 1.54) is 0 Å². The molecule has 1 rings (SSSR count). The van der Waals surface area contributed by atoms with Crippen molar-refractivity contribution in [2.75, 3.05) is 12.3 Å². The lowest BCUT2D eigenvalue weighted by Crippen LogP contribution is -2.47. The predicted octanol–water partition coefficient (Wildman–Crippen LogP) is 1.19. The Balaban J connectivity index is 2.56. The number of nitrogens with one attached hydrogen (secondary N) is 2. The highest BCUT2D eigenvalue weighted by Gasteiger charge is 2.16. The molecule has 128 valence electrons. The van der Waals surface area contributed by atoms with Crippen molar-refractivity contribution >= 4 is 17.5 Å². The molecule has 0 aliphatic heterocycles. The van der Waals surface area contributed by atoms with E-state index in [4.69, 9.17) is 11.5 Å². The number of hydrogen-bond acceptors (Lipinski definition) is 4. The number of nitrogen functional groups attached to an aromatic ring is 1. The molecule has 6 N–H and O–H groups in total. The third-order valence-corrected chi connectivity index (χ3v) is 3.65. The summed E-state index contributed by atoms with van der Waals surface area (Å²) in [4.78, 5) is 24.1. The lowest BCUT2D eigenvalue weighted by Gasteiger charge is -2.18. The van der Waals surface area contributed by atoms with Gasteiger partial charge >= 0.3 is 0 Å². The summed E-state index contributed by atoms with van der Waals surface area (Å²) < 4.78 is 0. The molecular weight excluding hydrogens is 292 g/mol. The number of amides is 2. The van der Waals surface area contributed by atoms with E-state index in [0.717, 1.165) is 18.4 Å². The summed E-state index contributed by atoms with van der Waals surface area (Å²) in [5, 5.41) is 5.64. The van der Waals surface area contributed by atoms with Gasteiger partial charge in [0.15, 0.2) is 0 Å². The first-order chi connectivity index (χ1) is 10.9. The van der Waals surface area contributed by atoms with Crippen LogP contribution in [0.4, 0.5) is 5.69 Å². The maximum atomic E-state index is 12.3. The summed E-state index contributed by atoms with van der Waals surface area (Å²) in [5.74, 6) is -0.351. The first kappa shape index (κ1) is 19.0. The van der Waals surface area contributed by atoms with Crippen molar-refractivity contribution < 1.29 is 9.59 Å². The van der Waals surface area contributed by atoms with E-state index in [-0.39, 0.29) is 17.9 Å². The molecule has 0 aliphatic rings. The zero-order chi connectivity index (χ0) is 17.4. The molecule has 0 saturated carbocycles. The second kappa shape index (κ2) is 9.15. The molecule has 1 aromatic rings. The second-order valence-corrected chi connectivity index (χ2v) is 5.78. The molecule has 0 aliphatic carbocycles. The standard InChI is InChI=1S/C17H28N4O2/c1-4-6-15(19)17(23)20-10-11(3)21-16(22)14-8-7-13(18)9-12(14)5-2/h7-9,11,15H,4-6,10,18-19H2,1-3H3,(H,20,23)(H,21,22)/t11-,15+/m1/s1. The minimum Gasteiger partial charge on any atom is -0.399 e. The molecule has 0 bridgehead atoms. The Morgan fingerprint density at radius 3 is 2.57 bits per heavy atom. The van der Waals surface area contributed by atoms with Gasteiger partial charge in [0.2, 0.25) is 5.91 Å². The number of nitrogens with two attached hydrogens (primary N) is 2. The van der Waals surface area contributed by atoms with Crippen LogP contribution in [0.1, 0.15) is 49.5 Å². The fourth-order valence-corrected chi connectivity index (χ4v) is 2.31. The van der Waals surface area contributed by atoms with Gasteiger partial charge in [-0.3, -0.25) is 9.59 Å². The minimum absolute atomic E-state index is 0.165. The van der Waals surface area contributed by atoms with Gasteiger partial charge in [-0.1, -0.05) is 20.3 Å². The van der Waals surface area contributed by atoms with E-state index >= 15 is 0 Å². The van der Waals surface area contributed by atoms with Gasteiger partial charge in [0, 0.05) is 23.8 Å². The van der Waals surface area contributed by atoms with Crippen LogP contribution in [0.25, 0.3) is 0 Å². The largest absolute Gasteiger partial charge is 0.399 e. The number of carbonyl (C=O) groups excluding carboxylic acids is 2. The van der Waals surface area contributed by atoms with Crippen LogP contribution in [-0.4, -0.2) is 30.4 Å². The molecule has 0 spiro atoms. The highest BCUT2D eigenvalue weighted by molar-refractivity contribution is 5.96. The third-order valence-electron chi connectivity index (χ3n) is 3.65. The molecule has 6 heteroatoms. The Hall–Kier alpha value is -2.08. The monoisotopic (exact) mass is 320 g/mol. The molecular formula is C17H28N4O2. The van der Waals surface area contributed by atoms with Gasteiger partial charge in [0.05, 0.1) is 6.04 Å². The quantitative estimate of drug-likeness (QED) is 0.539. The predicted molar refractivity (Wildman–Crippen MR) is 93.1 cm³/mol. The zero-order valence-electron chi connectivity index (χ0n) is 14.2. The molecule has 0 radical (unpaired) electrons. The van der Waals surface area contributed by atoms with Crippen LogP contribution >= 0.6 is 0 Å². The number of aryl methyl sites for hydroxylation is 1. The third kappa shape index (κ3) is 5.90. The van der Waals surface area contributed by atoms with Gasteiger partial charge in [-0.05, 0) is 43.5 Å². The van der Waals surface area contributed by atoms with E-state index < -0.39 is 6.04 Å². The average Bonchev–Trinajstić information content (AvgIpc) is 2.52. The van der Waals surface area contributed by atoms with Crippen molar-refractivity contribution in [1.29, 1.82) is 0 Å². The van der Waals surface area contributed by atoms with Crippen molar-refractivity contribution in [3.63, 3.8) is 0 Å². The van der Waals surface area contributed by atoms with Crippen LogP contribution in [0.5, 0.6) is 0 Å². The smallest absolute Gasteiger partial charge is 0.251 e. The van der Waals surface area contributed by atoms with Crippen molar-refractivity contribution in [2.24, 2.45) is 5.73 Å². The summed E-state index contributed by atoms with van der Waals surface area (Å²) in [6, 6.07) is 4.57. The van der Waals surface area contributed by atoms with Gasteiger partial charge < -0.3 is 22.1 Å². The van der Waals surface area contributed by atoms with Gasteiger partial charge in [-0.2, -0.15) is 0 Å². The Kier molecular flexibility index (Phi) is 7.54. The first-order valence-corrected chi connectivity index (χ1v) is 8.11. The van der Waals surface area contributed by atoms with Gasteiger partial charge in [0.25, 0.3) is 5.91 Å². The lowest BCUT2D eigenvalue weighted by molar-refractivity contribution is -0.122. The first-order valence-electron chi connectivity index (χ1n) is 8.11. The second-order valence-electron chi connectivity index (χ2n) is 5.78. The number of carbonyl (C=O) groups is 2. The van der Waals surface area contributed by atoms with Crippen molar-refractivity contribution in [3.05, 3.63) is 29.3 Å². The minimum atomic E-state index is -0.494. The molecule has 0 fully saturated rings. The Bertz CT molecular complexity index is 545. The fraction of sp³-hybridized carbons (Fsp3) is 0.529. The molecule has 1 aromatic carbocycles. The van der Waals surface area contributed by atoms with Crippen LogP contribution in [-0.2, 0) is 11.2 Å². The maximum Gasteiger partial charge on any atom is 0.251 e. The molecule has 6 nitrogen and oxygen atoms in total. The molecule has 0 aromatic heterocycles. The maximum absolute atomic E-state index is 12.3. The summed E-state index contributed by atoms with van der Waals surface area (Å²) in [6.45, 7) is 6.14. The summed E-state index contributed by atoms with van der Waals surface area (Å²) in [6.07, 6.45) is 2.24. The van der Waals surface area contributed by atoms with Crippen molar-refractivity contribution in [1.82, 2.24) is 10.6 Å². The summed E-state index contributed by atoms with van der Waals surface area (Å²) in [5.41, 5.74) is 13.7. The number of hydrogen-bond donors (Lipinski definition) is 4. The summed E-state index contributed by atoms with van der Waals surface area (Å²) >= 11 is 0. The normalized spacial score (nSPS) is 13.2. The molecule has 0 unspecified atom stereocenters. The van der Waals surface area contributed by atoms with Crippen LogP contribution in [0.2, 0.25) is 0 Å². The van der Waals surface area contributed by atoms with Crippen LogP contribution in [0, 0.1) is 0 Å². The SMILES string of the molecule is CCC[C@H](N)C(=O)NC[C@@H](C)NC(=O)c1ccc(N)cc1CC. The Morgan fingerprint density at radius 2 is 1.96 bits per heavy atom. The van der Waals surface area contributed by atoms with Crippen LogP contribution in [0.15, 0.2) is 18.2 Å². The van der Waals surface area contributed by atoms with E-state index in [9.17, 15) is 9.59 Å². The van der Waals surface area contributed by atoms with Crippen LogP contribution < -0.4 is 22.1 Å². The highest BCUT2D eigenvalue weighted by atomic mass is 16.2. The number of rotatable bonds is 8. The number of benzene rings is 1. The average molecular weight is 320 g/mol. The molecule has 0 saturated heterocycles. The van der Waals surface area contributed by atoms with E-state index in [0.29, 0.717) is 24.2 Å². The fourth-order valence-electron chi connectivity index (χ4n) is 2.31.